The molecule has 0 aliphatic heterocycles. The number of amides is 1. The summed E-state index contributed by atoms with van der Waals surface area (Å²) >= 11 is 3.38. The Labute approximate surface area is 175 Å². The van der Waals surface area contributed by atoms with E-state index in [1.54, 1.807) is 19.2 Å². The number of aromatic nitrogens is 2. The highest BCUT2D eigenvalue weighted by atomic mass is 79.9. The first-order chi connectivity index (χ1) is 13.3. The van der Waals surface area contributed by atoms with E-state index in [1.807, 2.05) is 30.8 Å². The highest BCUT2D eigenvalue weighted by Gasteiger charge is 2.14. The molecule has 28 heavy (non-hydrogen) atoms. The number of carbonyl (C=O) groups excluding carboxylic acids is 1. The number of aliphatic imine (C=N–C) groups is 1. The first kappa shape index (κ1) is 21.9. The zero-order valence-electron chi connectivity index (χ0n) is 17.1. The standard InChI is InChI=1S/C20H29BrN6O/c1-13(11-18-14(2)26-27(5)15(18)3)25-20(22-4)24-10-9-23-19(28)16-7-6-8-17(21)12-16/h6-8,12-13H,9-11H2,1-5H3,(H,23,28)(H2,22,24,25). The predicted octanol–water partition coefficient (Wildman–Crippen LogP) is 2.33. The summed E-state index contributed by atoms with van der Waals surface area (Å²) in [4.78, 5) is 16.4. The van der Waals surface area contributed by atoms with Crippen LogP contribution in [-0.4, -0.2) is 47.8 Å². The molecule has 152 valence electrons. The third kappa shape index (κ3) is 6.09. The molecule has 1 unspecified atom stereocenters. The van der Waals surface area contributed by atoms with Crippen molar-refractivity contribution in [2.45, 2.75) is 33.2 Å². The Hall–Kier alpha value is -2.35. The van der Waals surface area contributed by atoms with Gasteiger partial charge in [0.1, 0.15) is 0 Å². The number of hydrogen-bond acceptors (Lipinski definition) is 3. The van der Waals surface area contributed by atoms with Gasteiger partial charge in [-0.05, 0) is 51.0 Å². The second kappa shape index (κ2) is 10.3. The van der Waals surface area contributed by atoms with Crippen molar-refractivity contribution in [3.63, 3.8) is 0 Å². The Morgan fingerprint density at radius 3 is 2.61 bits per heavy atom. The van der Waals surface area contributed by atoms with Crippen LogP contribution in [0.4, 0.5) is 0 Å². The van der Waals surface area contributed by atoms with Crippen molar-refractivity contribution in [1.82, 2.24) is 25.7 Å². The Kier molecular flexibility index (Phi) is 8.04. The predicted molar refractivity (Wildman–Crippen MR) is 117 cm³/mol. The normalized spacial score (nSPS) is 12.6. The van der Waals surface area contributed by atoms with Crippen molar-refractivity contribution in [3.05, 3.63) is 51.3 Å². The van der Waals surface area contributed by atoms with Crippen molar-refractivity contribution in [2.75, 3.05) is 20.1 Å². The maximum absolute atomic E-state index is 12.1. The number of nitrogens with zero attached hydrogens (tertiary/aromatic N) is 3. The van der Waals surface area contributed by atoms with Gasteiger partial charge in [-0.25, -0.2) is 0 Å². The molecule has 0 aliphatic rings. The highest BCUT2D eigenvalue weighted by Crippen LogP contribution is 2.14. The van der Waals surface area contributed by atoms with Gasteiger partial charge >= 0.3 is 0 Å². The third-order valence-corrected chi connectivity index (χ3v) is 5.06. The zero-order valence-corrected chi connectivity index (χ0v) is 18.7. The second-order valence-corrected chi connectivity index (χ2v) is 7.70. The molecule has 1 amide bonds. The van der Waals surface area contributed by atoms with Gasteiger partial charge in [0.05, 0.1) is 5.69 Å². The van der Waals surface area contributed by atoms with Gasteiger partial charge < -0.3 is 16.0 Å². The molecular weight excluding hydrogens is 420 g/mol. The topological polar surface area (TPSA) is 83.3 Å². The van der Waals surface area contributed by atoms with E-state index in [2.05, 4.69) is 55.8 Å². The van der Waals surface area contributed by atoms with E-state index in [0.29, 0.717) is 24.6 Å². The van der Waals surface area contributed by atoms with Gasteiger partial charge in [0.25, 0.3) is 5.91 Å². The summed E-state index contributed by atoms with van der Waals surface area (Å²) in [6, 6.07) is 7.52. The van der Waals surface area contributed by atoms with Gasteiger partial charge in [-0.15, -0.1) is 0 Å². The monoisotopic (exact) mass is 448 g/mol. The molecule has 3 N–H and O–H groups in total. The Bertz CT molecular complexity index is 845. The fourth-order valence-corrected chi connectivity index (χ4v) is 3.39. The molecule has 7 nitrogen and oxygen atoms in total. The lowest BCUT2D eigenvalue weighted by Crippen LogP contribution is -2.45. The van der Waals surface area contributed by atoms with Crippen LogP contribution < -0.4 is 16.0 Å². The van der Waals surface area contributed by atoms with Gasteiger partial charge in [-0.2, -0.15) is 5.10 Å². The van der Waals surface area contributed by atoms with Crippen LogP contribution in [0.1, 0.15) is 34.2 Å². The summed E-state index contributed by atoms with van der Waals surface area (Å²) in [5.74, 6) is 0.616. The fourth-order valence-electron chi connectivity index (χ4n) is 2.99. The SMILES string of the molecule is CN=C(NCCNC(=O)c1cccc(Br)c1)NC(C)Cc1c(C)nn(C)c1C. The van der Waals surface area contributed by atoms with E-state index >= 15 is 0 Å². The van der Waals surface area contributed by atoms with Gasteiger partial charge in [0, 0.05) is 49.0 Å². The molecule has 0 fully saturated rings. The first-order valence-electron chi connectivity index (χ1n) is 9.31. The van der Waals surface area contributed by atoms with Crippen LogP contribution >= 0.6 is 15.9 Å². The Balaban J connectivity index is 1.77. The van der Waals surface area contributed by atoms with Gasteiger partial charge in [-0.3, -0.25) is 14.5 Å². The molecular formula is C20H29BrN6O. The molecule has 2 aromatic rings. The molecule has 0 aliphatic carbocycles. The van der Waals surface area contributed by atoms with E-state index < -0.39 is 0 Å². The number of benzene rings is 1. The molecule has 0 saturated heterocycles. The van der Waals surface area contributed by atoms with Crippen LogP contribution in [-0.2, 0) is 13.5 Å². The quantitative estimate of drug-likeness (QED) is 0.344. The smallest absolute Gasteiger partial charge is 0.251 e. The Morgan fingerprint density at radius 2 is 2.00 bits per heavy atom. The minimum atomic E-state index is -0.0954. The van der Waals surface area contributed by atoms with Crippen LogP contribution in [0.15, 0.2) is 33.7 Å². The Morgan fingerprint density at radius 1 is 1.29 bits per heavy atom. The molecule has 0 radical (unpaired) electrons. The summed E-state index contributed by atoms with van der Waals surface area (Å²) in [5.41, 5.74) is 4.14. The van der Waals surface area contributed by atoms with E-state index in [1.165, 1.54) is 11.3 Å². The number of aryl methyl sites for hydroxylation is 2. The minimum absolute atomic E-state index is 0.0954. The summed E-state index contributed by atoms with van der Waals surface area (Å²) in [7, 11) is 3.70. The molecule has 1 aromatic heterocycles. The van der Waals surface area contributed by atoms with Crippen LogP contribution in [0.5, 0.6) is 0 Å². The summed E-state index contributed by atoms with van der Waals surface area (Å²) in [6.07, 6.45) is 0.867. The largest absolute Gasteiger partial charge is 0.355 e. The van der Waals surface area contributed by atoms with E-state index in [0.717, 1.165) is 16.6 Å². The maximum atomic E-state index is 12.1. The van der Waals surface area contributed by atoms with Gasteiger partial charge in [-0.1, -0.05) is 22.0 Å². The number of halogens is 1. The van der Waals surface area contributed by atoms with Crippen molar-refractivity contribution >= 4 is 27.8 Å². The molecule has 1 heterocycles. The molecule has 1 aromatic carbocycles. The molecule has 8 heteroatoms. The first-order valence-corrected chi connectivity index (χ1v) is 10.1. The van der Waals surface area contributed by atoms with Crippen LogP contribution in [0.25, 0.3) is 0 Å². The maximum Gasteiger partial charge on any atom is 0.251 e. The van der Waals surface area contributed by atoms with Crippen LogP contribution in [0.2, 0.25) is 0 Å². The number of carbonyl (C=O) groups is 1. The average molecular weight is 449 g/mol. The lowest BCUT2D eigenvalue weighted by molar-refractivity contribution is 0.0954. The lowest BCUT2D eigenvalue weighted by Gasteiger charge is -2.18. The average Bonchev–Trinajstić information content (AvgIpc) is 2.90. The van der Waals surface area contributed by atoms with E-state index in [-0.39, 0.29) is 11.9 Å². The van der Waals surface area contributed by atoms with Gasteiger partial charge in [0.2, 0.25) is 0 Å². The zero-order chi connectivity index (χ0) is 20.7. The number of guanidine groups is 1. The molecule has 0 bridgehead atoms. The van der Waals surface area contributed by atoms with Crippen LogP contribution in [0.3, 0.4) is 0 Å². The van der Waals surface area contributed by atoms with Crippen LogP contribution in [0, 0.1) is 13.8 Å². The number of nitrogens with one attached hydrogen (secondary N) is 3. The number of hydrogen-bond donors (Lipinski definition) is 3. The highest BCUT2D eigenvalue weighted by molar-refractivity contribution is 9.10. The lowest BCUT2D eigenvalue weighted by atomic mass is 10.1. The fraction of sp³-hybridized carbons (Fsp3) is 0.450. The van der Waals surface area contributed by atoms with Crippen molar-refractivity contribution in [1.29, 1.82) is 0 Å². The minimum Gasteiger partial charge on any atom is -0.355 e. The van der Waals surface area contributed by atoms with E-state index in [9.17, 15) is 4.79 Å². The third-order valence-electron chi connectivity index (χ3n) is 4.57. The summed E-state index contributed by atoms with van der Waals surface area (Å²) < 4.78 is 2.80. The second-order valence-electron chi connectivity index (χ2n) is 6.79. The molecule has 2 rings (SSSR count). The molecule has 0 saturated carbocycles. The van der Waals surface area contributed by atoms with Crippen molar-refractivity contribution < 1.29 is 4.79 Å². The summed E-state index contributed by atoms with van der Waals surface area (Å²) in [6.45, 7) is 7.32. The summed E-state index contributed by atoms with van der Waals surface area (Å²) in [5, 5.41) is 14.0. The number of rotatable bonds is 7. The van der Waals surface area contributed by atoms with Crippen molar-refractivity contribution in [2.24, 2.45) is 12.0 Å². The van der Waals surface area contributed by atoms with Gasteiger partial charge in [0.15, 0.2) is 5.96 Å². The van der Waals surface area contributed by atoms with Crippen molar-refractivity contribution in [3.8, 4) is 0 Å². The molecule has 1 atom stereocenters. The molecule has 0 spiro atoms. The van der Waals surface area contributed by atoms with E-state index in [4.69, 9.17) is 0 Å².